The number of ether oxygens (including phenoxy) is 2. The predicted molar refractivity (Wildman–Crippen MR) is 91.3 cm³/mol. The summed E-state index contributed by atoms with van der Waals surface area (Å²) in [5.41, 5.74) is 0.151. The lowest BCUT2D eigenvalue weighted by Crippen LogP contribution is -2.12. The van der Waals surface area contributed by atoms with Crippen LogP contribution in [0.25, 0.3) is 5.69 Å². The molecule has 1 aromatic heterocycles. The first-order valence-electron chi connectivity index (χ1n) is 7.88. The third kappa shape index (κ3) is 4.11. The second-order valence-electron chi connectivity index (χ2n) is 5.74. The molecule has 140 valence electrons. The number of hydrogen-bond acceptors (Lipinski definition) is 4. The maximum atomic E-state index is 13.1. The van der Waals surface area contributed by atoms with Gasteiger partial charge in [0.1, 0.15) is 5.75 Å². The summed E-state index contributed by atoms with van der Waals surface area (Å²) in [6.45, 7) is 1.79. The van der Waals surface area contributed by atoms with Gasteiger partial charge in [-0.05, 0) is 42.8 Å². The second-order valence-corrected chi connectivity index (χ2v) is 5.74. The van der Waals surface area contributed by atoms with E-state index in [0.717, 1.165) is 10.2 Å². The highest BCUT2D eigenvalue weighted by molar-refractivity contribution is 5.91. The molecule has 2 aromatic carbocycles. The molecular weight excluding hydrogens is 361 g/mol. The van der Waals surface area contributed by atoms with Crippen LogP contribution in [0, 0.1) is 6.92 Å². The minimum atomic E-state index is -4.67. The van der Waals surface area contributed by atoms with Crippen molar-refractivity contribution in [1.82, 2.24) is 9.78 Å². The normalized spacial score (nSPS) is 11.3. The van der Waals surface area contributed by atoms with Crippen molar-refractivity contribution in [3.63, 3.8) is 0 Å². The molecule has 0 amide bonds. The molecule has 0 spiro atoms. The lowest BCUT2D eigenvalue weighted by atomic mass is 10.2. The highest BCUT2D eigenvalue weighted by Gasteiger charge is 2.36. The molecule has 0 unspecified atom stereocenters. The minimum absolute atomic E-state index is 0.139. The summed E-state index contributed by atoms with van der Waals surface area (Å²) in [4.78, 5) is 12.4. The Balaban J connectivity index is 2.00. The molecular formula is C19H15F3N2O3. The first-order valence-corrected chi connectivity index (χ1v) is 7.88. The fourth-order valence-electron chi connectivity index (χ4n) is 2.42. The van der Waals surface area contributed by atoms with Crippen LogP contribution in [-0.2, 0) is 6.18 Å². The van der Waals surface area contributed by atoms with Gasteiger partial charge in [-0.3, -0.25) is 0 Å². The number of hydrogen-bond donors (Lipinski definition) is 0. The van der Waals surface area contributed by atoms with Crippen LogP contribution in [0.4, 0.5) is 13.2 Å². The van der Waals surface area contributed by atoms with Crippen molar-refractivity contribution < 1.29 is 27.4 Å². The van der Waals surface area contributed by atoms with Gasteiger partial charge in [-0.1, -0.05) is 18.2 Å². The van der Waals surface area contributed by atoms with Crippen molar-refractivity contribution >= 4 is 5.97 Å². The van der Waals surface area contributed by atoms with Crippen LogP contribution < -0.4 is 9.47 Å². The maximum absolute atomic E-state index is 13.1. The van der Waals surface area contributed by atoms with E-state index in [0.29, 0.717) is 17.5 Å². The maximum Gasteiger partial charge on any atom is 0.435 e. The van der Waals surface area contributed by atoms with E-state index in [1.165, 1.54) is 19.2 Å². The molecule has 0 saturated carbocycles. The number of nitrogens with zero attached hydrogens (tertiary/aromatic N) is 2. The quantitative estimate of drug-likeness (QED) is 0.633. The Morgan fingerprint density at radius 2 is 1.81 bits per heavy atom. The van der Waals surface area contributed by atoms with Crippen LogP contribution in [0.2, 0.25) is 0 Å². The van der Waals surface area contributed by atoms with Gasteiger partial charge in [0.05, 0.1) is 18.4 Å². The number of aromatic nitrogens is 2. The van der Waals surface area contributed by atoms with Gasteiger partial charge in [0.25, 0.3) is 0 Å². The van der Waals surface area contributed by atoms with Crippen molar-refractivity contribution in [1.29, 1.82) is 0 Å². The third-order valence-corrected chi connectivity index (χ3v) is 3.72. The minimum Gasteiger partial charge on any atom is -0.497 e. The molecule has 1 heterocycles. The van der Waals surface area contributed by atoms with Crippen LogP contribution in [0.5, 0.6) is 11.6 Å². The molecule has 0 radical (unpaired) electrons. The number of benzene rings is 2. The SMILES string of the molecule is COc1cccc(C(=O)Oc2cc(C(F)(F)F)nn2-c2cccc(C)c2)c1. The van der Waals surface area contributed by atoms with E-state index in [1.807, 2.05) is 0 Å². The Hall–Kier alpha value is -3.29. The second kappa shape index (κ2) is 7.14. The van der Waals surface area contributed by atoms with Crippen molar-refractivity contribution in [3.05, 3.63) is 71.4 Å². The zero-order valence-electron chi connectivity index (χ0n) is 14.4. The van der Waals surface area contributed by atoms with Crippen LogP contribution in [0.15, 0.2) is 54.6 Å². The first kappa shape index (κ1) is 18.5. The third-order valence-electron chi connectivity index (χ3n) is 3.72. The average Bonchev–Trinajstić information content (AvgIpc) is 3.06. The molecule has 0 aliphatic rings. The summed E-state index contributed by atoms with van der Waals surface area (Å²) in [7, 11) is 1.44. The van der Waals surface area contributed by atoms with E-state index in [9.17, 15) is 18.0 Å². The van der Waals surface area contributed by atoms with E-state index in [4.69, 9.17) is 9.47 Å². The summed E-state index contributed by atoms with van der Waals surface area (Å²) in [5, 5.41) is 3.56. The number of alkyl halides is 3. The van der Waals surface area contributed by atoms with E-state index in [-0.39, 0.29) is 11.4 Å². The standard InChI is InChI=1S/C19H15F3N2O3/c1-12-5-3-7-14(9-12)24-17(11-16(23-24)19(20,21)22)27-18(25)13-6-4-8-15(10-13)26-2/h3-11H,1-2H3. The van der Waals surface area contributed by atoms with Gasteiger partial charge in [0.2, 0.25) is 5.88 Å². The molecule has 0 N–H and O–H groups in total. The van der Waals surface area contributed by atoms with Crippen LogP contribution in [0.1, 0.15) is 21.6 Å². The van der Waals surface area contributed by atoms with Gasteiger partial charge in [0, 0.05) is 6.07 Å². The number of rotatable bonds is 4. The lowest BCUT2D eigenvalue weighted by molar-refractivity contribution is -0.141. The number of carbonyl (C=O) groups excluding carboxylic acids is 1. The monoisotopic (exact) mass is 376 g/mol. The highest BCUT2D eigenvalue weighted by Crippen LogP contribution is 2.32. The zero-order valence-corrected chi connectivity index (χ0v) is 14.4. The summed E-state index contributed by atoms with van der Waals surface area (Å²) in [6.07, 6.45) is -4.67. The molecule has 0 fully saturated rings. The Morgan fingerprint density at radius 3 is 2.48 bits per heavy atom. The average molecular weight is 376 g/mol. The fourth-order valence-corrected chi connectivity index (χ4v) is 2.42. The molecule has 8 heteroatoms. The summed E-state index contributed by atoms with van der Waals surface area (Å²) >= 11 is 0. The number of halogens is 3. The van der Waals surface area contributed by atoms with Gasteiger partial charge >= 0.3 is 12.1 Å². The van der Waals surface area contributed by atoms with E-state index >= 15 is 0 Å². The van der Waals surface area contributed by atoms with Crippen molar-refractivity contribution in [2.24, 2.45) is 0 Å². The summed E-state index contributed by atoms with van der Waals surface area (Å²) < 4.78 is 50.5. The topological polar surface area (TPSA) is 53.4 Å². The molecule has 0 saturated heterocycles. The van der Waals surface area contributed by atoms with Gasteiger partial charge in [-0.15, -0.1) is 0 Å². The Kier molecular flexibility index (Phi) is 4.89. The molecule has 0 aliphatic carbocycles. The van der Waals surface area contributed by atoms with Gasteiger partial charge in [-0.2, -0.15) is 18.3 Å². The lowest BCUT2D eigenvalue weighted by Gasteiger charge is -2.09. The van der Waals surface area contributed by atoms with Gasteiger partial charge < -0.3 is 9.47 Å². The van der Waals surface area contributed by atoms with Crippen LogP contribution >= 0.6 is 0 Å². The number of aryl methyl sites for hydroxylation is 1. The zero-order chi connectivity index (χ0) is 19.6. The Bertz CT molecular complexity index is 980. The summed E-state index contributed by atoms with van der Waals surface area (Å²) in [5.74, 6) is -0.732. The Labute approximate surface area is 152 Å². The fraction of sp³-hybridized carbons (Fsp3) is 0.158. The molecule has 3 aromatic rings. The predicted octanol–water partition coefficient (Wildman–Crippen LogP) is 4.43. The molecule has 0 aliphatic heterocycles. The van der Waals surface area contributed by atoms with E-state index in [2.05, 4.69) is 5.10 Å². The summed E-state index contributed by atoms with van der Waals surface area (Å²) in [6, 6.07) is 13.5. The Morgan fingerprint density at radius 1 is 1.07 bits per heavy atom. The van der Waals surface area contributed by atoms with Crippen molar-refractivity contribution in [2.45, 2.75) is 13.1 Å². The molecule has 5 nitrogen and oxygen atoms in total. The van der Waals surface area contributed by atoms with Crippen LogP contribution in [0.3, 0.4) is 0 Å². The smallest absolute Gasteiger partial charge is 0.435 e. The van der Waals surface area contributed by atoms with Crippen LogP contribution in [-0.4, -0.2) is 22.9 Å². The van der Waals surface area contributed by atoms with E-state index < -0.39 is 17.8 Å². The number of esters is 1. The van der Waals surface area contributed by atoms with E-state index in [1.54, 1.807) is 43.3 Å². The molecule has 0 atom stereocenters. The number of methoxy groups -OCH3 is 1. The molecule has 3 rings (SSSR count). The van der Waals surface area contributed by atoms with Crippen molar-refractivity contribution in [3.8, 4) is 17.3 Å². The van der Waals surface area contributed by atoms with Gasteiger partial charge in [0.15, 0.2) is 5.69 Å². The molecule has 0 bridgehead atoms. The largest absolute Gasteiger partial charge is 0.497 e. The number of carbonyl (C=O) groups is 1. The highest BCUT2D eigenvalue weighted by atomic mass is 19.4. The first-order chi connectivity index (χ1) is 12.8. The van der Waals surface area contributed by atoms with Crippen molar-refractivity contribution in [2.75, 3.05) is 7.11 Å². The van der Waals surface area contributed by atoms with Gasteiger partial charge in [-0.25, -0.2) is 9.48 Å². The molecule has 27 heavy (non-hydrogen) atoms.